The summed E-state index contributed by atoms with van der Waals surface area (Å²) in [6.07, 6.45) is 0.919. The van der Waals surface area contributed by atoms with Crippen LogP contribution < -0.4 is 0 Å². The second kappa shape index (κ2) is 7.76. The number of halogens is 1. The fourth-order valence-electron chi connectivity index (χ4n) is 1.12. The van der Waals surface area contributed by atoms with Crippen LogP contribution in [-0.2, 0) is 16.1 Å². The van der Waals surface area contributed by atoms with E-state index in [2.05, 4.69) is 12.1 Å². The van der Waals surface area contributed by atoms with Crippen molar-refractivity contribution in [1.29, 1.82) is 0 Å². The van der Waals surface area contributed by atoms with Crippen molar-refractivity contribution in [2.75, 3.05) is 20.8 Å². The molecule has 3 nitrogen and oxygen atoms in total. The van der Waals surface area contributed by atoms with Crippen molar-refractivity contribution in [2.24, 2.45) is 0 Å². The van der Waals surface area contributed by atoms with Gasteiger partial charge in [-0.2, -0.15) is 0 Å². The van der Waals surface area contributed by atoms with Gasteiger partial charge in [0.2, 0.25) is 0 Å². The third kappa shape index (κ3) is 4.58. The Hall–Kier alpha value is -0.610. The highest BCUT2D eigenvalue weighted by atomic mass is 35.5. The molecule has 0 saturated heterocycles. The first-order valence-electron chi connectivity index (χ1n) is 4.26. The summed E-state index contributed by atoms with van der Waals surface area (Å²) in [4.78, 5) is 9.86. The van der Waals surface area contributed by atoms with Crippen molar-refractivity contribution in [2.45, 2.75) is 6.42 Å². The Labute approximate surface area is 90.9 Å². The minimum absolute atomic E-state index is 0. The average Bonchev–Trinajstić information content (AvgIpc) is 2.21. The van der Waals surface area contributed by atoms with Gasteiger partial charge in [0.1, 0.15) is 0 Å². The lowest BCUT2D eigenvalue weighted by molar-refractivity contribution is -0.341. The SMILES string of the molecule is CON(CCc1ccccc1)OC.Cl. The fraction of sp³-hybridized carbons (Fsp3) is 0.400. The van der Waals surface area contributed by atoms with Gasteiger partial charge in [-0.25, -0.2) is 0 Å². The van der Waals surface area contributed by atoms with Crippen molar-refractivity contribution in [1.82, 2.24) is 5.23 Å². The molecule has 0 aromatic heterocycles. The number of nitrogens with zero attached hydrogens (tertiary/aromatic N) is 1. The predicted molar refractivity (Wildman–Crippen MR) is 58.1 cm³/mol. The molecular formula is C10H16ClNO2. The van der Waals surface area contributed by atoms with E-state index in [0.717, 1.165) is 13.0 Å². The monoisotopic (exact) mass is 217 g/mol. The Kier molecular flexibility index (Phi) is 7.42. The van der Waals surface area contributed by atoms with Gasteiger partial charge >= 0.3 is 0 Å². The maximum absolute atomic E-state index is 4.93. The standard InChI is InChI=1S/C10H15NO2.ClH/c1-12-11(13-2)9-8-10-6-4-3-5-7-10;/h3-7H,8-9H2,1-2H3;1H. The lowest BCUT2D eigenvalue weighted by Gasteiger charge is -2.15. The zero-order valence-corrected chi connectivity index (χ0v) is 9.29. The van der Waals surface area contributed by atoms with Crippen LogP contribution in [0, 0.1) is 0 Å². The van der Waals surface area contributed by atoms with Crippen molar-refractivity contribution in [3.8, 4) is 0 Å². The molecule has 0 unspecified atom stereocenters. The van der Waals surface area contributed by atoms with Gasteiger partial charge in [0.05, 0.1) is 20.8 Å². The van der Waals surface area contributed by atoms with E-state index in [9.17, 15) is 0 Å². The summed E-state index contributed by atoms with van der Waals surface area (Å²) in [5, 5.41) is 1.45. The van der Waals surface area contributed by atoms with E-state index in [1.54, 1.807) is 14.2 Å². The molecule has 0 aliphatic carbocycles. The Morgan fingerprint density at radius 1 is 1.07 bits per heavy atom. The van der Waals surface area contributed by atoms with Crippen LogP contribution in [0.1, 0.15) is 5.56 Å². The van der Waals surface area contributed by atoms with Gasteiger partial charge in [-0.15, -0.1) is 12.4 Å². The molecule has 0 aliphatic rings. The van der Waals surface area contributed by atoms with Crippen LogP contribution in [0.2, 0.25) is 0 Å². The van der Waals surface area contributed by atoms with Crippen LogP contribution in [0.25, 0.3) is 0 Å². The molecule has 1 aromatic rings. The van der Waals surface area contributed by atoms with E-state index in [-0.39, 0.29) is 12.4 Å². The number of hydrogen-bond acceptors (Lipinski definition) is 3. The smallest absolute Gasteiger partial charge is 0.0601 e. The predicted octanol–water partition coefficient (Wildman–Crippen LogP) is 2.08. The molecule has 0 N–H and O–H groups in total. The Morgan fingerprint density at radius 2 is 1.64 bits per heavy atom. The van der Waals surface area contributed by atoms with Gasteiger partial charge in [-0.1, -0.05) is 35.6 Å². The van der Waals surface area contributed by atoms with Gasteiger partial charge in [0.15, 0.2) is 0 Å². The van der Waals surface area contributed by atoms with Crippen molar-refractivity contribution < 1.29 is 9.68 Å². The summed E-state index contributed by atoms with van der Waals surface area (Å²) in [6.45, 7) is 0.733. The molecule has 0 amide bonds. The highest BCUT2D eigenvalue weighted by Crippen LogP contribution is 2.01. The maximum Gasteiger partial charge on any atom is 0.0601 e. The van der Waals surface area contributed by atoms with Crippen molar-refractivity contribution in [3.05, 3.63) is 35.9 Å². The first-order chi connectivity index (χ1) is 6.36. The largest absolute Gasteiger partial charge is 0.278 e. The van der Waals surface area contributed by atoms with Crippen LogP contribution in [-0.4, -0.2) is 26.0 Å². The topological polar surface area (TPSA) is 21.7 Å². The van der Waals surface area contributed by atoms with E-state index >= 15 is 0 Å². The molecule has 1 aromatic carbocycles. The number of hydroxylamine groups is 2. The Morgan fingerprint density at radius 3 is 2.14 bits per heavy atom. The van der Waals surface area contributed by atoms with Crippen LogP contribution in [0.4, 0.5) is 0 Å². The third-order valence-corrected chi connectivity index (χ3v) is 1.83. The molecule has 1 rings (SSSR count). The zero-order chi connectivity index (χ0) is 9.52. The Balaban J connectivity index is 0.00000169. The molecule has 0 fully saturated rings. The van der Waals surface area contributed by atoms with Gasteiger partial charge in [-0.3, -0.25) is 9.68 Å². The molecule has 0 aliphatic heterocycles. The highest BCUT2D eigenvalue weighted by Gasteiger charge is 2.00. The van der Waals surface area contributed by atoms with Crippen LogP contribution in [0.3, 0.4) is 0 Å². The van der Waals surface area contributed by atoms with Crippen molar-refractivity contribution in [3.63, 3.8) is 0 Å². The minimum atomic E-state index is 0. The second-order valence-corrected chi connectivity index (χ2v) is 2.66. The van der Waals surface area contributed by atoms with E-state index in [4.69, 9.17) is 9.68 Å². The molecule has 0 radical (unpaired) electrons. The molecular weight excluding hydrogens is 202 g/mol. The lowest BCUT2D eigenvalue weighted by Crippen LogP contribution is -2.23. The maximum atomic E-state index is 4.93. The third-order valence-electron chi connectivity index (χ3n) is 1.83. The normalized spacial score (nSPS) is 9.93. The molecule has 80 valence electrons. The number of rotatable bonds is 5. The van der Waals surface area contributed by atoms with Crippen LogP contribution in [0.5, 0.6) is 0 Å². The van der Waals surface area contributed by atoms with E-state index in [1.807, 2.05) is 18.2 Å². The van der Waals surface area contributed by atoms with Gasteiger partial charge < -0.3 is 0 Å². The fourth-order valence-corrected chi connectivity index (χ4v) is 1.12. The zero-order valence-electron chi connectivity index (χ0n) is 8.47. The van der Waals surface area contributed by atoms with Crippen molar-refractivity contribution >= 4 is 12.4 Å². The van der Waals surface area contributed by atoms with Crippen LogP contribution >= 0.6 is 12.4 Å². The summed E-state index contributed by atoms with van der Waals surface area (Å²) >= 11 is 0. The summed E-state index contributed by atoms with van der Waals surface area (Å²) in [5.41, 5.74) is 1.28. The summed E-state index contributed by atoms with van der Waals surface area (Å²) in [6, 6.07) is 10.2. The molecule has 0 saturated carbocycles. The average molecular weight is 218 g/mol. The molecule has 14 heavy (non-hydrogen) atoms. The van der Waals surface area contributed by atoms with E-state index < -0.39 is 0 Å². The minimum Gasteiger partial charge on any atom is -0.278 e. The van der Waals surface area contributed by atoms with Crippen LogP contribution in [0.15, 0.2) is 30.3 Å². The van der Waals surface area contributed by atoms with E-state index in [0.29, 0.717) is 0 Å². The summed E-state index contributed by atoms with van der Waals surface area (Å²) in [7, 11) is 3.18. The molecule has 0 heterocycles. The molecule has 0 spiro atoms. The van der Waals surface area contributed by atoms with Gasteiger partial charge in [0, 0.05) is 0 Å². The second-order valence-electron chi connectivity index (χ2n) is 2.66. The molecule has 0 atom stereocenters. The molecule has 4 heteroatoms. The number of hydrogen-bond donors (Lipinski definition) is 0. The highest BCUT2D eigenvalue weighted by molar-refractivity contribution is 5.85. The summed E-state index contributed by atoms with van der Waals surface area (Å²) < 4.78 is 0. The van der Waals surface area contributed by atoms with Gasteiger partial charge in [-0.05, 0) is 12.0 Å². The quantitative estimate of drug-likeness (QED) is 0.705. The first-order valence-corrected chi connectivity index (χ1v) is 4.26. The van der Waals surface area contributed by atoms with E-state index in [1.165, 1.54) is 10.8 Å². The first kappa shape index (κ1) is 13.4. The number of benzene rings is 1. The molecule has 0 bridgehead atoms. The van der Waals surface area contributed by atoms with Gasteiger partial charge in [0.25, 0.3) is 0 Å². The Bertz CT molecular complexity index is 227. The summed E-state index contributed by atoms with van der Waals surface area (Å²) in [5.74, 6) is 0. The lowest BCUT2D eigenvalue weighted by atomic mass is 10.2.